The van der Waals surface area contributed by atoms with E-state index in [1.807, 2.05) is 6.07 Å². The van der Waals surface area contributed by atoms with Gasteiger partial charge in [0, 0.05) is 18.7 Å². The normalized spacial score (nSPS) is 15.1. The molecule has 0 aliphatic carbocycles. The Labute approximate surface area is 152 Å². The third kappa shape index (κ3) is 4.10. The Balaban J connectivity index is 1.58. The van der Waals surface area contributed by atoms with Crippen molar-refractivity contribution in [1.82, 2.24) is 4.90 Å². The number of nitrogens with zero attached hydrogens (tertiary/aromatic N) is 1. The lowest BCUT2D eigenvalue weighted by Crippen LogP contribution is -2.39. The first kappa shape index (κ1) is 18.1. The van der Waals surface area contributed by atoms with E-state index < -0.39 is 5.97 Å². The van der Waals surface area contributed by atoms with E-state index in [9.17, 15) is 14.0 Å². The Hall–Kier alpha value is -2.69. The monoisotopic (exact) mass is 355 g/mol. The fourth-order valence-corrected chi connectivity index (χ4v) is 3.41. The Morgan fingerprint density at radius 1 is 1.12 bits per heavy atom. The minimum absolute atomic E-state index is 0.129. The number of piperidine rings is 1. The van der Waals surface area contributed by atoms with Crippen molar-refractivity contribution in [3.8, 4) is 0 Å². The second kappa shape index (κ2) is 7.68. The number of halogens is 1. The molecule has 2 aromatic rings. The maximum Gasteiger partial charge on any atom is 0.335 e. The summed E-state index contributed by atoms with van der Waals surface area (Å²) in [5.74, 6) is -0.991. The fourth-order valence-electron chi connectivity index (χ4n) is 3.41. The second-order valence-corrected chi connectivity index (χ2v) is 6.91. The molecule has 2 aromatic carbocycles. The molecule has 0 atom stereocenters. The number of benzene rings is 2. The van der Waals surface area contributed by atoms with Gasteiger partial charge in [0.2, 0.25) is 0 Å². The molecule has 0 radical (unpaired) electrons. The Morgan fingerprint density at radius 3 is 2.50 bits per heavy atom. The lowest BCUT2D eigenvalue weighted by Gasteiger charge is -2.32. The van der Waals surface area contributed by atoms with E-state index in [1.54, 1.807) is 42.2 Å². The van der Waals surface area contributed by atoms with Gasteiger partial charge in [-0.1, -0.05) is 18.2 Å². The van der Waals surface area contributed by atoms with E-state index in [0.717, 1.165) is 24.8 Å². The molecule has 0 aromatic heterocycles. The molecule has 0 spiro atoms. The molecular formula is C21H22FNO3. The van der Waals surface area contributed by atoms with Gasteiger partial charge in [-0.2, -0.15) is 0 Å². The van der Waals surface area contributed by atoms with E-state index in [1.165, 1.54) is 6.07 Å². The van der Waals surface area contributed by atoms with Gasteiger partial charge in [-0.25, -0.2) is 9.18 Å². The van der Waals surface area contributed by atoms with E-state index in [4.69, 9.17) is 5.11 Å². The topological polar surface area (TPSA) is 57.6 Å². The SMILES string of the molecule is Cc1ccc(C(=O)N2CCC(Cc3cccc(C(=O)O)c3)CC2)cc1F. The number of aryl methyl sites for hydroxylation is 1. The molecule has 0 unspecified atom stereocenters. The van der Waals surface area contributed by atoms with Crippen molar-refractivity contribution in [2.45, 2.75) is 26.2 Å². The average Bonchev–Trinajstić information content (AvgIpc) is 2.64. The molecule has 1 aliphatic heterocycles. The minimum atomic E-state index is -0.919. The highest BCUT2D eigenvalue weighted by Gasteiger charge is 2.24. The van der Waals surface area contributed by atoms with Crippen molar-refractivity contribution in [2.24, 2.45) is 5.92 Å². The zero-order chi connectivity index (χ0) is 18.7. The van der Waals surface area contributed by atoms with Crippen LogP contribution in [0.15, 0.2) is 42.5 Å². The first-order chi connectivity index (χ1) is 12.4. The summed E-state index contributed by atoms with van der Waals surface area (Å²) in [6.45, 7) is 2.95. The number of carbonyl (C=O) groups excluding carboxylic acids is 1. The zero-order valence-corrected chi connectivity index (χ0v) is 14.7. The van der Waals surface area contributed by atoms with Crippen LogP contribution in [0.4, 0.5) is 4.39 Å². The van der Waals surface area contributed by atoms with Crippen LogP contribution in [0.5, 0.6) is 0 Å². The molecule has 1 saturated heterocycles. The summed E-state index contributed by atoms with van der Waals surface area (Å²) in [4.78, 5) is 25.4. The van der Waals surface area contributed by atoms with Crippen LogP contribution in [0, 0.1) is 18.7 Å². The highest BCUT2D eigenvalue weighted by atomic mass is 19.1. The van der Waals surface area contributed by atoms with Crippen LogP contribution in [0.1, 0.15) is 44.7 Å². The van der Waals surface area contributed by atoms with E-state index in [-0.39, 0.29) is 11.7 Å². The molecule has 3 rings (SSSR count). The molecule has 1 aliphatic rings. The van der Waals surface area contributed by atoms with Crippen molar-refractivity contribution in [3.05, 3.63) is 70.5 Å². The number of aromatic carboxylic acids is 1. The van der Waals surface area contributed by atoms with Crippen molar-refractivity contribution in [3.63, 3.8) is 0 Å². The molecule has 4 nitrogen and oxygen atoms in total. The van der Waals surface area contributed by atoms with Crippen LogP contribution in [0.25, 0.3) is 0 Å². The smallest absolute Gasteiger partial charge is 0.335 e. The number of carbonyl (C=O) groups is 2. The molecule has 5 heteroatoms. The van der Waals surface area contributed by atoms with Gasteiger partial charge in [0.1, 0.15) is 5.82 Å². The third-order valence-electron chi connectivity index (χ3n) is 5.02. The molecule has 1 amide bonds. The van der Waals surface area contributed by atoms with Crippen LogP contribution in [-0.2, 0) is 6.42 Å². The van der Waals surface area contributed by atoms with Gasteiger partial charge in [-0.3, -0.25) is 4.79 Å². The number of rotatable bonds is 4. The maximum absolute atomic E-state index is 13.7. The number of likely N-dealkylation sites (tertiary alicyclic amines) is 1. The molecule has 1 N–H and O–H groups in total. The van der Waals surface area contributed by atoms with Gasteiger partial charge in [-0.05, 0) is 67.5 Å². The summed E-state index contributed by atoms with van der Waals surface area (Å²) in [6.07, 6.45) is 2.52. The molecule has 0 saturated carbocycles. The van der Waals surface area contributed by atoms with Gasteiger partial charge >= 0.3 is 5.97 Å². The predicted molar refractivity (Wildman–Crippen MR) is 96.9 cm³/mol. The standard InChI is InChI=1S/C21H22FNO3/c1-14-5-6-17(13-19(14)22)20(24)23-9-7-15(8-10-23)11-16-3-2-4-18(12-16)21(25)26/h2-6,12-13,15H,7-11H2,1H3,(H,25,26). The summed E-state index contributed by atoms with van der Waals surface area (Å²) in [5, 5.41) is 9.08. The molecule has 136 valence electrons. The van der Waals surface area contributed by atoms with Crippen molar-refractivity contribution in [1.29, 1.82) is 0 Å². The fraction of sp³-hybridized carbons (Fsp3) is 0.333. The first-order valence-electron chi connectivity index (χ1n) is 8.81. The maximum atomic E-state index is 13.7. The summed E-state index contributed by atoms with van der Waals surface area (Å²) >= 11 is 0. The van der Waals surface area contributed by atoms with Crippen LogP contribution in [0.2, 0.25) is 0 Å². The predicted octanol–water partition coefficient (Wildman–Crippen LogP) is 3.93. The van der Waals surface area contributed by atoms with Gasteiger partial charge in [-0.15, -0.1) is 0 Å². The van der Waals surface area contributed by atoms with Gasteiger partial charge in [0.25, 0.3) is 5.91 Å². The molecule has 26 heavy (non-hydrogen) atoms. The minimum Gasteiger partial charge on any atom is -0.478 e. The number of carboxylic acid groups (broad SMARTS) is 1. The Morgan fingerprint density at radius 2 is 1.85 bits per heavy atom. The lowest BCUT2D eigenvalue weighted by atomic mass is 9.89. The number of carboxylic acids is 1. The van der Waals surface area contributed by atoms with E-state index >= 15 is 0 Å². The lowest BCUT2D eigenvalue weighted by molar-refractivity contribution is 0.0681. The molecule has 1 fully saturated rings. The Kier molecular flexibility index (Phi) is 5.35. The highest BCUT2D eigenvalue weighted by Crippen LogP contribution is 2.24. The van der Waals surface area contributed by atoms with Gasteiger partial charge < -0.3 is 10.0 Å². The first-order valence-corrected chi connectivity index (χ1v) is 8.81. The van der Waals surface area contributed by atoms with Gasteiger partial charge in [0.05, 0.1) is 5.56 Å². The van der Waals surface area contributed by atoms with Crippen molar-refractivity contribution < 1.29 is 19.1 Å². The van der Waals surface area contributed by atoms with Gasteiger partial charge in [0.15, 0.2) is 0 Å². The Bertz CT molecular complexity index is 826. The summed E-state index contributed by atoms with van der Waals surface area (Å²) < 4.78 is 13.7. The molecule has 1 heterocycles. The number of hydrogen-bond acceptors (Lipinski definition) is 2. The quantitative estimate of drug-likeness (QED) is 0.904. The number of hydrogen-bond donors (Lipinski definition) is 1. The summed E-state index contributed by atoms with van der Waals surface area (Å²) in [5.41, 5.74) is 2.23. The number of amides is 1. The van der Waals surface area contributed by atoms with Crippen LogP contribution >= 0.6 is 0 Å². The second-order valence-electron chi connectivity index (χ2n) is 6.91. The summed E-state index contributed by atoms with van der Waals surface area (Å²) in [7, 11) is 0. The molecular weight excluding hydrogens is 333 g/mol. The van der Waals surface area contributed by atoms with Crippen molar-refractivity contribution >= 4 is 11.9 Å². The van der Waals surface area contributed by atoms with E-state index in [0.29, 0.717) is 35.7 Å². The van der Waals surface area contributed by atoms with Crippen LogP contribution in [0.3, 0.4) is 0 Å². The summed E-state index contributed by atoms with van der Waals surface area (Å²) in [6, 6.07) is 11.6. The highest BCUT2D eigenvalue weighted by molar-refractivity contribution is 5.94. The average molecular weight is 355 g/mol. The largest absolute Gasteiger partial charge is 0.478 e. The third-order valence-corrected chi connectivity index (χ3v) is 5.02. The van der Waals surface area contributed by atoms with Crippen molar-refractivity contribution in [2.75, 3.05) is 13.1 Å². The van der Waals surface area contributed by atoms with Crippen LogP contribution in [-0.4, -0.2) is 35.0 Å². The molecule has 0 bridgehead atoms. The zero-order valence-electron chi connectivity index (χ0n) is 14.7. The van der Waals surface area contributed by atoms with E-state index in [2.05, 4.69) is 0 Å². The van der Waals surface area contributed by atoms with Crippen LogP contribution < -0.4 is 0 Å².